The van der Waals surface area contributed by atoms with Gasteiger partial charge in [-0.05, 0) is 25.7 Å². The fraction of sp³-hybridized carbons (Fsp3) is 0.714. The molecule has 5 nitrogen and oxygen atoms in total. The van der Waals surface area contributed by atoms with Crippen molar-refractivity contribution in [3.05, 3.63) is 11.9 Å². The average molecular weight is 263 g/mol. The van der Waals surface area contributed by atoms with Gasteiger partial charge in [0.2, 0.25) is 0 Å². The van der Waals surface area contributed by atoms with Crippen molar-refractivity contribution in [3.8, 4) is 0 Å². The lowest BCUT2D eigenvalue weighted by Crippen LogP contribution is -2.44. The van der Waals surface area contributed by atoms with Crippen LogP contribution in [0.3, 0.4) is 0 Å². The Balaban J connectivity index is 2.29. The number of nitrogens with zero attached hydrogens (tertiary/aromatic N) is 2. The van der Waals surface area contributed by atoms with E-state index in [9.17, 15) is 0 Å². The summed E-state index contributed by atoms with van der Waals surface area (Å²) in [5.74, 6) is 7.84. The van der Waals surface area contributed by atoms with E-state index in [2.05, 4.69) is 48.4 Å². The molecule has 1 heterocycles. The standard InChI is InChI=1S/C14H25N5/c1-5-14(7-6-8-14)18-10-9-11(19-15)17-12(16-10)13(2,3)4/h9H,5-8,15H2,1-4H3,(H2,16,17,18,19). The highest BCUT2D eigenvalue weighted by Crippen LogP contribution is 2.38. The molecule has 1 aliphatic carbocycles. The first-order valence-electron chi connectivity index (χ1n) is 7.03. The van der Waals surface area contributed by atoms with Gasteiger partial charge < -0.3 is 10.7 Å². The summed E-state index contributed by atoms with van der Waals surface area (Å²) in [5, 5.41) is 3.58. The van der Waals surface area contributed by atoms with Crippen molar-refractivity contribution in [2.75, 3.05) is 10.7 Å². The van der Waals surface area contributed by atoms with Crippen LogP contribution in [-0.2, 0) is 5.41 Å². The SMILES string of the molecule is CCC1(Nc2cc(NN)nc(C(C)(C)C)n2)CCC1. The molecule has 2 rings (SSSR count). The third kappa shape index (κ3) is 2.97. The van der Waals surface area contributed by atoms with Crippen LogP contribution in [0.1, 0.15) is 59.2 Å². The first-order valence-corrected chi connectivity index (χ1v) is 7.03. The molecule has 1 aliphatic rings. The lowest BCUT2D eigenvalue weighted by atomic mass is 9.75. The van der Waals surface area contributed by atoms with Gasteiger partial charge in [0.25, 0.3) is 0 Å². The highest BCUT2D eigenvalue weighted by molar-refractivity contribution is 5.49. The number of nitrogens with two attached hydrogens (primary N) is 1. The molecule has 0 unspecified atom stereocenters. The van der Waals surface area contributed by atoms with Crippen LogP contribution in [0.15, 0.2) is 6.07 Å². The summed E-state index contributed by atoms with van der Waals surface area (Å²) < 4.78 is 0. The summed E-state index contributed by atoms with van der Waals surface area (Å²) in [7, 11) is 0. The lowest BCUT2D eigenvalue weighted by Gasteiger charge is -2.42. The maximum Gasteiger partial charge on any atom is 0.145 e. The van der Waals surface area contributed by atoms with Crippen LogP contribution < -0.4 is 16.6 Å². The molecule has 19 heavy (non-hydrogen) atoms. The van der Waals surface area contributed by atoms with Crippen LogP contribution in [0.2, 0.25) is 0 Å². The van der Waals surface area contributed by atoms with E-state index in [1.807, 2.05) is 6.07 Å². The topological polar surface area (TPSA) is 75.9 Å². The molecule has 0 saturated heterocycles. The maximum atomic E-state index is 5.51. The normalized spacial score (nSPS) is 17.7. The highest BCUT2D eigenvalue weighted by atomic mass is 15.3. The molecule has 1 aromatic heterocycles. The molecule has 0 atom stereocenters. The van der Waals surface area contributed by atoms with E-state index in [4.69, 9.17) is 5.84 Å². The molecule has 0 spiro atoms. The van der Waals surface area contributed by atoms with Crippen LogP contribution in [0.4, 0.5) is 11.6 Å². The number of nitrogen functional groups attached to an aromatic ring is 1. The molecular weight excluding hydrogens is 238 g/mol. The Hall–Kier alpha value is -1.36. The molecular formula is C14H25N5. The Morgan fingerprint density at radius 3 is 2.32 bits per heavy atom. The average Bonchev–Trinajstić information content (AvgIpc) is 2.32. The van der Waals surface area contributed by atoms with E-state index in [-0.39, 0.29) is 11.0 Å². The zero-order valence-corrected chi connectivity index (χ0v) is 12.4. The van der Waals surface area contributed by atoms with E-state index in [0.29, 0.717) is 5.82 Å². The monoisotopic (exact) mass is 263 g/mol. The predicted octanol–water partition coefficient (Wildman–Crippen LogP) is 2.80. The molecule has 4 N–H and O–H groups in total. The van der Waals surface area contributed by atoms with Crippen molar-refractivity contribution in [1.29, 1.82) is 0 Å². The fourth-order valence-corrected chi connectivity index (χ4v) is 2.36. The zero-order valence-electron chi connectivity index (χ0n) is 12.4. The summed E-state index contributed by atoms with van der Waals surface area (Å²) >= 11 is 0. The number of aromatic nitrogens is 2. The predicted molar refractivity (Wildman–Crippen MR) is 79.0 cm³/mol. The van der Waals surface area contributed by atoms with Crippen LogP contribution in [0, 0.1) is 0 Å². The summed E-state index contributed by atoms with van der Waals surface area (Å²) in [6.45, 7) is 8.53. The van der Waals surface area contributed by atoms with Crippen molar-refractivity contribution < 1.29 is 0 Å². The second-order valence-electron chi connectivity index (χ2n) is 6.47. The molecule has 0 bridgehead atoms. The minimum atomic E-state index is -0.0950. The van der Waals surface area contributed by atoms with Crippen LogP contribution >= 0.6 is 0 Å². The molecule has 0 aromatic carbocycles. The number of hydrazine groups is 1. The Labute approximate surface area is 115 Å². The van der Waals surface area contributed by atoms with Crippen LogP contribution in [-0.4, -0.2) is 15.5 Å². The number of nitrogens with one attached hydrogen (secondary N) is 2. The van der Waals surface area contributed by atoms with E-state index in [1.165, 1.54) is 19.3 Å². The van der Waals surface area contributed by atoms with E-state index >= 15 is 0 Å². The van der Waals surface area contributed by atoms with Crippen LogP contribution in [0.25, 0.3) is 0 Å². The van der Waals surface area contributed by atoms with Gasteiger partial charge in [0.1, 0.15) is 17.5 Å². The zero-order chi connectivity index (χ0) is 14.1. The smallest absolute Gasteiger partial charge is 0.145 e. The molecule has 0 aliphatic heterocycles. The quantitative estimate of drug-likeness (QED) is 0.575. The van der Waals surface area contributed by atoms with Gasteiger partial charge in [-0.2, -0.15) is 0 Å². The number of hydrogen-bond donors (Lipinski definition) is 3. The van der Waals surface area contributed by atoms with Crippen molar-refractivity contribution in [1.82, 2.24) is 9.97 Å². The number of hydrogen-bond acceptors (Lipinski definition) is 5. The molecule has 0 radical (unpaired) electrons. The number of rotatable bonds is 4. The van der Waals surface area contributed by atoms with Crippen molar-refractivity contribution in [2.45, 2.75) is 64.3 Å². The molecule has 1 aromatic rings. The van der Waals surface area contributed by atoms with E-state index < -0.39 is 0 Å². The third-order valence-electron chi connectivity index (χ3n) is 3.93. The molecule has 1 saturated carbocycles. The minimum absolute atomic E-state index is 0.0950. The van der Waals surface area contributed by atoms with Gasteiger partial charge in [-0.1, -0.05) is 27.7 Å². The van der Waals surface area contributed by atoms with Crippen molar-refractivity contribution >= 4 is 11.6 Å². The molecule has 0 amide bonds. The van der Waals surface area contributed by atoms with Gasteiger partial charge in [-0.3, -0.25) is 0 Å². The highest BCUT2D eigenvalue weighted by Gasteiger charge is 2.35. The van der Waals surface area contributed by atoms with Gasteiger partial charge in [-0.25, -0.2) is 15.8 Å². The molecule has 1 fully saturated rings. The summed E-state index contributed by atoms with van der Waals surface area (Å²) in [5.41, 5.74) is 2.75. The Bertz CT molecular complexity index is 440. The van der Waals surface area contributed by atoms with E-state index in [1.54, 1.807) is 0 Å². The van der Waals surface area contributed by atoms with Gasteiger partial charge in [0.15, 0.2) is 0 Å². The fourth-order valence-electron chi connectivity index (χ4n) is 2.36. The molecule has 106 valence electrons. The third-order valence-corrected chi connectivity index (χ3v) is 3.93. The Kier molecular flexibility index (Phi) is 3.67. The van der Waals surface area contributed by atoms with Gasteiger partial charge in [0, 0.05) is 17.0 Å². The first-order chi connectivity index (χ1) is 8.88. The Morgan fingerprint density at radius 2 is 1.89 bits per heavy atom. The van der Waals surface area contributed by atoms with Gasteiger partial charge >= 0.3 is 0 Å². The Morgan fingerprint density at radius 1 is 1.26 bits per heavy atom. The van der Waals surface area contributed by atoms with E-state index in [0.717, 1.165) is 18.1 Å². The van der Waals surface area contributed by atoms with Gasteiger partial charge in [0.05, 0.1) is 0 Å². The second-order valence-corrected chi connectivity index (χ2v) is 6.47. The minimum Gasteiger partial charge on any atom is -0.364 e. The lowest BCUT2D eigenvalue weighted by molar-refractivity contribution is 0.268. The maximum absolute atomic E-state index is 5.51. The summed E-state index contributed by atoms with van der Waals surface area (Å²) in [4.78, 5) is 9.09. The van der Waals surface area contributed by atoms with Gasteiger partial charge in [-0.15, -0.1) is 0 Å². The second kappa shape index (κ2) is 4.96. The summed E-state index contributed by atoms with van der Waals surface area (Å²) in [6, 6.07) is 1.88. The first kappa shape index (κ1) is 14.1. The van der Waals surface area contributed by atoms with Crippen molar-refractivity contribution in [2.24, 2.45) is 5.84 Å². The van der Waals surface area contributed by atoms with Crippen molar-refractivity contribution in [3.63, 3.8) is 0 Å². The molecule has 5 heteroatoms. The summed E-state index contributed by atoms with van der Waals surface area (Å²) in [6.07, 6.45) is 4.83. The number of anilines is 2. The largest absolute Gasteiger partial charge is 0.364 e. The van der Waals surface area contributed by atoms with Crippen LogP contribution in [0.5, 0.6) is 0 Å².